The fourth-order valence-corrected chi connectivity index (χ4v) is 6.11. The molecule has 1 saturated heterocycles. The van der Waals surface area contributed by atoms with Gasteiger partial charge in [-0.1, -0.05) is 23.9 Å². The maximum atomic E-state index is 9.69. The van der Waals surface area contributed by atoms with Crippen molar-refractivity contribution < 1.29 is 4.74 Å². The highest BCUT2D eigenvalue weighted by Crippen LogP contribution is 2.38. The van der Waals surface area contributed by atoms with Crippen LogP contribution >= 0.6 is 11.8 Å². The van der Waals surface area contributed by atoms with E-state index in [1.54, 1.807) is 23.9 Å². The lowest BCUT2D eigenvalue weighted by Crippen LogP contribution is -2.39. The van der Waals surface area contributed by atoms with Gasteiger partial charge in [0, 0.05) is 59.6 Å². The Morgan fingerprint density at radius 3 is 2.57 bits per heavy atom. The summed E-state index contributed by atoms with van der Waals surface area (Å²) in [5.74, 6) is 0. The van der Waals surface area contributed by atoms with Crippen LogP contribution < -0.4 is 0 Å². The maximum Gasteiger partial charge on any atom is 0.103 e. The number of methoxy groups -OCH3 is 1. The molecule has 9 heteroatoms. The first-order chi connectivity index (χ1) is 18.0. The molecule has 8 nitrogen and oxygen atoms in total. The third kappa shape index (κ3) is 4.99. The summed E-state index contributed by atoms with van der Waals surface area (Å²) in [6.07, 6.45) is 7.82. The molecule has 0 amide bonds. The highest BCUT2D eigenvalue weighted by Gasteiger charge is 2.25. The number of benzene rings is 1. The zero-order valence-corrected chi connectivity index (χ0v) is 22.1. The Labute approximate surface area is 221 Å². The van der Waals surface area contributed by atoms with Crippen LogP contribution in [0.1, 0.15) is 42.6 Å². The summed E-state index contributed by atoms with van der Waals surface area (Å²) in [6.45, 7) is 7.24. The second-order valence-corrected chi connectivity index (χ2v) is 10.5. The van der Waals surface area contributed by atoms with Crippen LogP contribution in [0.25, 0.3) is 16.6 Å². The van der Waals surface area contributed by atoms with Crippen molar-refractivity contribution in [2.24, 2.45) is 0 Å². The molecule has 0 saturated carbocycles. The molecule has 1 aliphatic heterocycles. The smallest absolute Gasteiger partial charge is 0.103 e. The predicted octanol–water partition coefficient (Wildman–Crippen LogP) is 5.07. The van der Waals surface area contributed by atoms with Crippen LogP contribution in [0.2, 0.25) is 0 Å². The molecule has 3 aromatic heterocycles. The van der Waals surface area contributed by atoms with E-state index >= 15 is 0 Å². The third-order valence-electron chi connectivity index (χ3n) is 7.10. The van der Waals surface area contributed by atoms with Gasteiger partial charge in [0.1, 0.15) is 12.1 Å². The lowest BCUT2D eigenvalue weighted by Gasteiger charge is -2.33. The van der Waals surface area contributed by atoms with Gasteiger partial charge in [-0.3, -0.25) is 4.68 Å². The number of hydrogen-bond acceptors (Lipinski definition) is 7. The molecule has 5 rings (SSSR count). The number of hydrogen-bond donors (Lipinski definition) is 0. The van der Waals surface area contributed by atoms with Gasteiger partial charge >= 0.3 is 0 Å². The minimum absolute atomic E-state index is 0.237. The zero-order valence-electron chi connectivity index (χ0n) is 21.3. The molecule has 0 radical (unpaired) electrons. The van der Waals surface area contributed by atoms with Crippen molar-refractivity contribution in [3.63, 3.8) is 0 Å². The van der Waals surface area contributed by atoms with Gasteiger partial charge in [0.15, 0.2) is 0 Å². The number of aromatic nitrogens is 4. The van der Waals surface area contributed by atoms with E-state index in [2.05, 4.69) is 46.7 Å². The SMILES string of the molecule is CO[C@@H](C)CN1CCC(n2ncc(-c3cc(Sc4ccccc4C#N)c4c(C#N)cnn4c3)c2C)CC1. The van der Waals surface area contributed by atoms with E-state index < -0.39 is 0 Å². The molecule has 0 unspecified atom stereocenters. The van der Waals surface area contributed by atoms with Crippen LogP contribution in [0, 0.1) is 29.6 Å². The quantitative estimate of drug-likeness (QED) is 0.342. The van der Waals surface area contributed by atoms with Gasteiger partial charge < -0.3 is 9.64 Å². The predicted molar refractivity (Wildman–Crippen MR) is 142 cm³/mol. The van der Waals surface area contributed by atoms with Crippen molar-refractivity contribution in [2.45, 2.75) is 48.6 Å². The Kier molecular flexibility index (Phi) is 7.29. The Balaban J connectivity index is 1.47. The van der Waals surface area contributed by atoms with Crippen LogP contribution in [-0.2, 0) is 4.74 Å². The first-order valence-corrected chi connectivity index (χ1v) is 13.2. The maximum absolute atomic E-state index is 9.69. The fourth-order valence-electron chi connectivity index (χ4n) is 5.02. The minimum Gasteiger partial charge on any atom is -0.380 e. The van der Waals surface area contributed by atoms with Gasteiger partial charge in [-0.05, 0) is 44.9 Å². The van der Waals surface area contributed by atoms with Crippen molar-refractivity contribution in [1.82, 2.24) is 24.3 Å². The number of likely N-dealkylation sites (tertiary alicyclic amines) is 1. The van der Waals surface area contributed by atoms with Crippen LogP contribution in [0.5, 0.6) is 0 Å². The van der Waals surface area contributed by atoms with Gasteiger partial charge in [-0.25, -0.2) is 4.52 Å². The highest BCUT2D eigenvalue weighted by molar-refractivity contribution is 7.99. The van der Waals surface area contributed by atoms with Crippen molar-refractivity contribution in [1.29, 1.82) is 10.5 Å². The Morgan fingerprint density at radius 2 is 1.84 bits per heavy atom. The van der Waals surface area contributed by atoms with Crippen molar-refractivity contribution in [3.05, 3.63) is 65.7 Å². The monoisotopic (exact) mass is 511 g/mol. The molecule has 37 heavy (non-hydrogen) atoms. The largest absolute Gasteiger partial charge is 0.380 e. The number of ether oxygens (including phenoxy) is 1. The average molecular weight is 512 g/mol. The summed E-state index contributed by atoms with van der Waals surface area (Å²) in [4.78, 5) is 4.18. The van der Waals surface area contributed by atoms with E-state index in [-0.39, 0.29) is 6.10 Å². The van der Waals surface area contributed by atoms with Crippen LogP contribution in [0.4, 0.5) is 0 Å². The second kappa shape index (κ2) is 10.8. The minimum atomic E-state index is 0.237. The Morgan fingerprint density at radius 1 is 1.08 bits per heavy atom. The summed E-state index contributed by atoms with van der Waals surface area (Å²) in [6, 6.07) is 14.5. The van der Waals surface area contributed by atoms with Gasteiger partial charge in [0.05, 0.1) is 41.2 Å². The van der Waals surface area contributed by atoms with Crippen molar-refractivity contribution in [2.75, 3.05) is 26.7 Å². The highest BCUT2D eigenvalue weighted by atomic mass is 32.2. The number of piperidine rings is 1. The van der Waals surface area contributed by atoms with E-state index in [4.69, 9.17) is 9.84 Å². The fraction of sp³-hybridized carbons (Fsp3) is 0.357. The van der Waals surface area contributed by atoms with Gasteiger partial charge in [-0.2, -0.15) is 20.7 Å². The first-order valence-electron chi connectivity index (χ1n) is 12.4. The zero-order chi connectivity index (χ0) is 25.9. The molecule has 1 aromatic carbocycles. The lowest BCUT2D eigenvalue weighted by molar-refractivity contribution is 0.0624. The molecular formula is C28H29N7OS. The van der Waals surface area contributed by atoms with Gasteiger partial charge in [0.25, 0.3) is 0 Å². The molecule has 4 aromatic rings. The number of pyridine rings is 1. The number of nitrogens with zero attached hydrogens (tertiary/aromatic N) is 7. The molecule has 188 valence electrons. The summed E-state index contributed by atoms with van der Waals surface area (Å²) >= 11 is 1.48. The molecule has 4 heterocycles. The molecule has 1 atom stereocenters. The van der Waals surface area contributed by atoms with Crippen LogP contribution in [0.3, 0.4) is 0 Å². The number of nitriles is 2. The standard InChI is InChI=1S/C28H29N7OS/c1-19(36-3)17-33-10-8-24(9-11-33)35-20(2)25(16-32-35)22-12-27(28-23(14-30)15-31-34(28)18-22)37-26-7-5-4-6-21(26)13-29/h4-7,12,15-16,18-19,24H,8-11,17H2,1-3H3/t19-/m0/s1. The molecule has 0 N–H and O–H groups in total. The normalized spacial score (nSPS) is 15.5. The van der Waals surface area contributed by atoms with E-state index in [1.807, 2.05) is 30.6 Å². The Hall–Kier alpha value is -3.63. The van der Waals surface area contributed by atoms with Crippen molar-refractivity contribution in [3.8, 4) is 23.3 Å². The van der Waals surface area contributed by atoms with E-state index in [0.717, 1.165) is 64.6 Å². The summed E-state index contributed by atoms with van der Waals surface area (Å²) < 4.78 is 9.36. The number of fused-ring (bicyclic) bond motifs is 1. The topological polar surface area (TPSA) is 95.2 Å². The molecule has 0 aliphatic carbocycles. The van der Waals surface area contributed by atoms with E-state index in [0.29, 0.717) is 17.2 Å². The number of rotatable bonds is 7. The van der Waals surface area contributed by atoms with Crippen LogP contribution in [-0.4, -0.2) is 57.1 Å². The van der Waals surface area contributed by atoms with Gasteiger partial charge in [0.2, 0.25) is 0 Å². The molecule has 1 aliphatic rings. The second-order valence-electron chi connectivity index (χ2n) is 9.43. The van der Waals surface area contributed by atoms with Crippen LogP contribution in [0.15, 0.2) is 58.7 Å². The van der Waals surface area contributed by atoms with E-state index in [9.17, 15) is 10.5 Å². The summed E-state index contributed by atoms with van der Waals surface area (Å²) in [5.41, 5.74) is 4.99. The molecule has 0 spiro atoms. The molecular weight excluding hydrogens is 482 g/mol. The summed E-state index contributed by atoms with van der Waals surface area (Å²) in [5, 5.41) is 28.5. The van der Waals surface area contributed by atoms with E-state index in [1.165, 1.54) is 11.8 Å². The molecule has 1 fully saturated rings. The first kappa shape index (κ1) is 25.0. The third-order valence-corrected chi connectivity index (χ3v) is 8.21. The molecule has 0 bridgehead atoms. The summed E-state index contributed by atoms with van der Waals surface area (Å²) in [7, 11) is 1.76. The Bertz CT molecular complexity index is 1500. The lowest BCUT2D eigenvalue weighted by atomic mass is 10.0. The van der Waals surface area contributed by atoms with Gasteiger partial charge in [-0.15, -0.1) is 0 Å². The van der Waals surface area contributed by atoms with Crippen molar-refractivity contribution >= 4 is 17.3 Å². The average Bonchev–Trinajstić information content (AvgIpc) is 3.52.